The average Bonchev–Trinajstić information content (AvgIpc) is 2.46. The zero-order valence-corrected chi connectivity index (χ0v) is 9.48. The summed E-state index contributed by atoms with van der Waals surface area (Å²) in [5, 5.41) is 5.34. The highest BCUT2D eigenvalue weighted by atomic mass is 35.5. The lowest BCUT2D eigenvalue weighted by molar-refractivity contribution is 0.615. The van der Waals surface area contributed by atoms with Gasteiger partial charge in [0.2, 0.25) is 0 Å². The number of aryl methyl sites for hydroxylation is 2. The van der Waals surface area contributed by atoms with Gasteiger partial charge in [0.15, 0.2) is 0 Å². The minimum absolute atomic E-state index is 0.153. The summed E-state index contributed by atoms with van der Waals surface area (Å²) in [6.45, 7) is 4.78. The minimum Gasteiger partial charge on any atom is -0.265 e. The van der Waals surface area contributed by atoms with Crippen molar-refractivity contribution in [2.45, 2.75) is 26.8 Å². The van der Waals surface area contributed by atoms with Crippen molar-refractivity contribution in [1.82, 2.24) is 9.78 Å². The van der Waals surface area contributed by atoms with Gasteiger partial charge in [-0.25, -0.2) is 4.39 Å². The molecule has 2 aromatic rings. The monoisotopic (exact) mass is 226 g/mol. The lowest BCUT2D eigenvalue weighted by Crippen LogP contribution is -1.98. The van der Waals surface area contributed by atoms with Crippen molar-refractivity contribution in [2.24, 2.45) is 0 Å². The molecule has 0 saturated carbocycles. The molecule has 0 spiro atoms. The zero-order valence-electron chi connectivity index (χ0n) is 8.72. The molecule has 0 fully saturated rings. The van der Waals surface area contributed by atoms with Crippen LogP contribution < -0.4 is 0 Å². The fourth-order valence-electron chi connectivity index (χ4n) is 1.71. The van der Waals surface area contributed by atoms with Crippen molar-refractivity contribution in [3.8, 4) is 0 Å². The predicted molar refractivity (Wildman–Crippen MR) is 59.7 cm³/mol. The number of fused-ring (bicyclic) bond motifs is 1. The van der Waals surface area contributed by atoms with E-state index in [2.05, 4.69) is 12.0 Å². The van der Waals surface area contributed by atoms with E-state index in [1.165, 1.54) is 6.07 Å². The second-order valence-electron chi connectivity index (χ2n) is 3.59. The van der Waals surface area contributed by atoms with Crippen LogP contribution in [0, 0.1) is 12.7 Å². The van der Waals surface area contributed by atoms with E-state index in [1.807, 2.05) is 11.6 Å². The van der Waals surface area contributed by atoms with E-state index >= 15 is 0 Å². The van der Waals surface area contributed by atoms with Gasteiger partial charge >= 0.3 is 0 Å². The number of hydrogen-bond donors (Lipinski definition) is 0. The summed E-state index contributed by atoms with van der Waals surface area (Å²) in [6.07, 6.45) is 0.991. The Morgan fingerprint density at radius 1 is 1.47 bits per heavy atom. The maximum atomic E-state index is 13.3. The first kappa shape index (κ1) is 10.4. The number of benzene rings is 1. The van der Waals surface area contributed by atoms with Gasteiger partial charge in [0.05, 0.1) is 16.2 Å². The molecule has 1 aromatic carbocycles. The molecule has 2 rings (SSSR count). The van der Waals surface area contributed by atoms with E-state index in [1.54, 1.807) is 6.07 Å². The van der Waals surface area contributed by atoms with E-state index in [4.69, 9.17) is 11.6 Å². The number of rotatable bonds is 2. The van der Waals surface area contributed by atoms with Gasteiger partial charge in [-0.3, -0.25) is 4.68 Å². The van der Waals surface area contributed by atoms with Crippen molar-refractivity contribution in [3.05, 3.63) is 28.7 Å². The number of nitrogens with zero attached hydrogens (tertiary/aromatic N) is 2. The van der Waals surface area contributed by atoms with Crippen LogP contribution in [-0.4, -0.2) is 9.78 Å². The molecule has 4 heteroatoms. The summed E-state index contributed by atoms with van der Waals surface area (Å²) in [7, 11) is 0. The van der Waals surface area contributed by atoms with E-state index in [0.717, 1.165) is 29.6 Å². The molecule has 1 aromatic heterocycles. The molecule has 80 valence electrons. The molecule has 0 N–H and O–H groups in total. The smallest absolute Gasteiger partial charge is 0.142 e. The van der Waals surface area contributed by atoms with Crippen LogP contribution in [0.4, 0.5) is 4.39 Å². The molecule has 0 unspecified atom stereocenters. The van der Waals surface area contributed by atoms with Gasteiger partial charge in [0.1, 0.15) is 5.82 Å². The molecule has 0 bridgehead atoms. The quantitative estimate of drug-likeness (QED) is 0.766. The Morgan fingerprint density at radius 3 is 2.87 bits per heavy atom. The van der Waals surface area contributed by atoms with Crippen LogP contribution in [0.25, 0.3) is 10.9 Å². The first-order chi connectivity index (χ1) is 7.13. The average molecular weight is 227 g/mol. The van der Waals surface area contributed by atoms with E-state index in [0.29, 0.717) is 0 Å². The fourth-order valence-corrected chi connectivity index (χ4v) is 1.87. The van der Waals surface area contributed by atoms with E-state index < -0.39 is 0 Å². The van der Waals surface area contributed by atoms with Crippen LogP contribution in [0.3, 0.4) is 0 Å². The third kappa shape index (κ3) is 1.72. The Kier molecular flexibility index (Phi) is 2.65. The highest BCUT2D eigenvalue weighted by molar-refractivity contribution is 6.31. The molecule has 0 radical (unpaired) electrons. The maximum Gasteiger partial charge on any atom is 0.142 e. The van der Waals surface area contributed by atoms with Gasteiger partial charge < -0.3 is 0 Å². The molecule has 0 saturated heterocycles. The molecule has 0 aliphatic heterocycles. The minimum atomic E-state index is -0.386. The highest BCUT2D eigenvalue weighted by Gasteiger charge is 2.10. The SMILES string of the molecule is CCCn1nc(C)c2cc(F)c(Cl)cc21. The molecule has 0 aliphatic rings. The molecule has 0 amide bonds. The Labute approximate surface area is 92.6 Å². The third-order valence-electron chi connectivity index (χ3n) is 2.41. The second-order valence-corrected chi connectivity index (χ2v) is 4.00. The summed E-state index contributed by atoms with van der Waals surface area (Å²) >= 11 is 5.75. The summed E-state index contributed by atoms with van der Waals surface area (Å²) in [4.78, 5) is 0. The topological polar surface area (TPSA) is 17.8 Å². The zero-order chi connectivity index (χ0) is 11.0. The lowest BCUT2D eigenvalue weighted by Gasteiger charge is -2.01. The summed E-state index contributed by atoms with van der Waals surface area (Å²) in [5.74, 6) is -0.386. The number of aromatic nitrogens is 2. The molecule has 0 aliphatic carbocycles. The van der Waals surface area contributed by atoms with Crippen LogP contribution in [-0.2, 0) is 6.54 Å². The van der Waals surface area contributed by atoms with Crippen molar-refractivity contribution < 1.29 is 4.39 Å². The van der Waals surface area contributed by atoms with Gasteiger partial charge in [-0.15, -0.1) is 0 Å². The van der Waals surface area contributed by atoms with Crippen molar-refractivity contribution in [2.75, 3.05) is 0 Å². The summed E-state index contributed by atoms with van der Waals surface area (Å²) < 4.78 is 15.1. The highest BCUT2D eigenvalue weighted by Crippen LogP contribution is 2.25. The van der Waals surface area contributed by atoms with Crippen LogP contribution >= 0.6 is 11.6 Å². The standard InChI is InChI=1S/C11H12ClFN2/c1-3-4-15-11-6-9(12)10(13)5-8(11)7(2)14-15/h5-6H,3-4H2,1-2H3. The Balaban J connectivity index is 2.70. The first-order valence-electron chi connectivity index (χ1n) is 4.95. The number of hydrogen-bond acceptors (Lipinski definition) is 1. The van der Waals surface area contributed by atoms with E-state index in [9.17, 15) is 4.39 Å². The van der Waals surface area contributed by atoms with Crippen molar-refractivity contribution >= 4 is 22.5 Å². The van der Waals surface area contributed by atoms with Crippen LogP contribution in [0.2, 0.25) is 5.02 Å². The van der Waals surface area contributed by atoms with E-state index in [-0.39, 0.29) is 10.8 Å². The molecule has 2 nitrogen and oxygen atoms in total. The summed E-state index contributed by atoms with van der Waals surface area (Å²) in [5.41, 5.74) is 1.75. The molecular weight excluding hydrogens is 215 g/mol. The molecule has 1 heterocycles. The fraction of sp³-hybridized carbons (Fsp3) is 0.364. The third-order valence-corrected chi connectivity index (χ3v) is 2.70. The van der Waals surface area contributed by atoms with Crippen LogP contribution in [0.15, 0.2) is 12.1 Å². The predicted octanol–water partition coefficient (Wildman–Crippen LogP) is 3.55. The molecule has 15 heavy (non-hydrogen) atoms. The van der Waals surface area contributed by atoms with Crippen LogP contribution in [0.5, 0.6) is 0 Å². The van der Waals surface area contributed by atoms with Gasteiger partial charge in [-0.1, -0.05) is 18.5 Å². The largest absolute Gasteiger partial charge is 0.265 e. The molecular formula is C11H12ClFN2. The normalized spacial score (nSPS) is 11.2. The second kappa shape index (κ2) is 3.81. The molecule has 0 atom stereocenters. The first-order valence-corrected chi connectivity index (χ1v) is 5.33. The van der Waals surface area contributed by atoms with Crippen molar-refractivity contribution in [1.29, 1.82) is 0 Å². The Morgan fingerprint density at radius 2 is 2.20 bits per heavy atom. The summed E-state index contributed by atoms with van der Waals surface area (Å²) in [6, 6.07) is 3.09. The number of halogens is 2. The maximum absolute atomic E-state index is 13.3. The Bertz CT molecular complexity index is 505. The van der Waals surface area contributed by atoms with Crippen molar-refractivity contribution in [3.63, 3.8) is 0 Å². The lowest BCUT2D eigenvalue weighted by atomic mass is 10.2. The van der Waals surface area contributed by atoms with Gasteiger partial charge in [-0.05, 0) is 25.5 Å². The Hall–Kier alpha value is -1.09. The van der Waals surface area contributed by atoms with Gasteiger partial charge in [-0.2, -0.15) is 5.10 Å². The van der Waals surface area contributed by atoms with Gasteiger partial charge in [0.25, 0.3) is 0 Å². The van der Waals surface area contributed by atoms with Crippen LogP contribution in [0.1, 0.15) is 19.0 Å². The van der Waals surface area contributed by atoms with Gasteiger partial charge in [0, 0.05) is 11.9 Å².